The molecule has 1 aromatic rings. The van der Waals surface area contributed by atoms with Gasteiger partial charge in [0.1, 0.15) is 0 Å². The molecule has 1 amide bonds. The average Bonchev–Trinajstić information content (AvgIpc) is 2.35. The molecule has 0 bridgehead atoms. The maximum atomic E-state index is 12.7. The van der Waals surface area contributed by atoms with Gasteiger partial charge in [-0.3, -0.25) is 4.79 Å². The predicted octanol–water partition coefficient (Wildman–Crippen LogP) is 2.58. The third-order valence-corrected chi connectivity index (χ3v) is 3.83. The van der Waals surface area contributed by atoms with Gasteiger partial charge < -0.3 is 4.90 Å². The van der Waals surface area contributed by atoms with Gasteiger partial charge in [0.2, 0.25) is 0 Å². The molecule has 104 valence electrons. The highest BCUT2D eigenvalue weighted by molar-refractivity contribution is 6.18. The zero-order valence-corrected chi connectivity index (χ0v) is 12.3. The Labute approximate surface area is 119 Å². The molecule has 0 spiro atoms. The van der Waals surface area contributed by atoms with Crippen LogP contribution in [0.3, 0.4) is 0 Å². The lowest BCUT2D eigenvalue weighted by atomic mass is 9.91. The maximum absolute atomic E-state index is 12.7. The molecule has 1 saturated carbocycles. The molecule has 0 saturated heterocycles. The number of amides is 1. The Bertz CT molecular complexity index is 460. The van der Waals surface area contributed by atoms with E-state index in [0.29, 0.717) is 30.5 Å². The van der Waals surface area contributed by atoms with Gasteiger partial charge in [0.25, 0.3) is 5.91 Å². The summed E-state index contributed by atoms with van der Waals surface area (Å²) in [6, 6.07) is 2.19. The van der Waals surface area contributed by atoms with Gasteiger partial charge in [-0.1, -0.05) is 6.92 Å². The molecule has 1 fully saturated rings. The second-order valence-electron chi connectivity index (χ2n) is 4.97. The van der Waals surface area contributed by atoms with Crippen LogP contribution in [0.5, 0.6) is 0 Å². The number of halogens is 1. The van der Waals surface area contributed by atoms with Crippen molar-refractivity contribution in [1.29, 1.82) is 0 Å². The molecule has 0 radical (unpaired) electrons. The minimum absolute atomic E-state index is 0.0557. The average molecular weight is 282 g/mol. The predicted molar refractivity (Wildman–Crippen MR) is 75.5 cm³/mol. The minimum atomic E-state index is 0.0557. The third-order valence-electron chi connectivity index (χ3n) is 3.66. The largest absolute Gasteiger partial charge is 0.334 e. The van der Waals surface area contributed by atoms with Crippen molar-refractivity contribution in [1.82, 2.24) is 15.1 Å². The summed E-state index contributed by atoms with van der Waals surface area (Å²) in [5.74, 6) is 0.529. The monoisotopic (exact) mass is 281 g/mol. The number of rotatable bonds is 5. The Kier molecular flexibility index (Phi) is 4.75. The molecule has 1 aromatic heterocycles. The number of alkyl halides is 1. The van der Waals surface area contributed by atoms with Crippen molar-refractivity contribution in [2.24, 2.45) is 0 Å². The topological polar surface area (TPSA) is 46.1 Å². The van der Waals surface area contributed by atoms with Gasteiger partial charge in [-0.05, 0) is 38.7 Å². The fraction of sp³-hybridized carbons (Fsp3) is 0.643. The van der Waals surface area contributed by atoms with E-state index in [9.17, 15) is 4.79 Å². The molecule has 0 aromatic carbocycles. The molecule has 2 rings (SSSR count). The van der Waals surface area contributed by atoms with Gasteiger partial charge in [0.15, 0.2) is 0 Å². The summed E-state index contributed by atoms with van der Waals surface area (Å²) in [6.45, 7) is 4.46. The van der Waals surface area contributed by atoms with Crippen LogP contribution in [0.1, 0.15) is 47.9 Å². The van der Waals surface area contributed by atoms with Crippen molar-refractivity contribution < 1.29 is 4.79 Å². The van der Waals surface area contributed by atoms with E-state index in [1.165, 1.54) is 6.42 Å². The Morgan fingerprint density at radius 1 is 1.47 bits per heavy atom. The highest BCUT2D eigenvalue weighted by Gasteiger charge is 2.30. The number of hydrogen-bond donors (Lipinski definition) is 0. The van der Waals surface area contributed by atoms with Crippen molar-refractivity contribution in [2.45, 2.75) is 45.6 Å². The van der Waals surface area contributed by atoms with Crippen LogP contribution in [0, 0.1) is 6.92 Å². The van der Waals surface area contributed by atoms with E-state index in [4.69, 9.17) is 11.6 Å². The molecule has 1 aliphatic rings. The van der Waals surface area contributed by atoms with E-state index in [1.54, 1.807) is 0 Å². The van der Waals surface area contributed by atoms with E-state index in [2.05, 4.69) is 10.2 Å². The van der Waals surface area contributed by atoms with Crippen molar-refractivity contribution >= 4 is 17.5 Å². The minimum Gasteiger partial charge on any atom is -0.334 e. The summed E-state index contributed by atoms with van der Waals surface area (Å²) in [4.78, 5) is 14.6. The summed E-state index contributed by atoms with van der Waals surface area (Å²) in [5, 5.41) is 8.16. The quantitative estimate of drug-likeness (QED) is 0.780. The second-order valence-corrected chi connectivity index (χ2v) is 5.35. The van der Waals surface area contributed by atoms with Crippen molar-refractivity contribution in [3.8, 4) is 0 Å². The molecule has 4 nitrogen and oxygen atoms in total. The summed E-state index contributed by atoms with van der Waals surface area (Å²) in [5.41, 5.74) is 2.24. The maximum Gasteiger partial charge on any atom is 0.256 e. The standard InChI is InChI=1S/C14H20ClN3O/c1-3-13-12(9-10(2)16-17-13)14(19)18(8-7-15)11-5-4-6-11/h9,11H,3-8H2,1-2H3. The van der Waals surface area contributed by atoms with Crippen LogP contribution in [0.2, 0.25) is 0 Å². The highest BCUT2D eigenvalue weighted by Crippen LogP contribution is 2.26. The molecule has 19 heavy (non-hydrogen) atoms. The van der Waals surface area contributed by atoms with Gasteiger partial charge in [-0.2, -0.15) is 10.2 Å². The first-order chi connectivity index (χ1) is 9.17. The van der Waals surface area contributed by atoms with Gasteiger partial charge in [0, 0.05) is 18.5 Å². The molecule has 0 atom stereocenters. The fourth-order valence-corrected chi connectivity index (χ4v) is 2.54. The molecule has 1 heterocycles. The molecule has 0 unspecified atom stereocenters. The van der Waals surface area contributed by atoms with Crippen LogP contribution in [-0.2, 0) is 6.42 Å². The smallest absolute Gasteiger partial charge is 0.256 e. The molecule has 0 N–H and O–H groups in total. The van der Waals surface area contributed by atoms with E-state index in [-0.39, 0.29) is 5.91 Å². The van der Waals surface area contributed by atoms with Gasteiger partial charge >= 0.3 is 0 Å². The SMILES string of the molecule is CCc1nnc(C)cc1C(=O)N(CCCl)C1CCC1. The zero-order valence-electron chi connectivity index (χ0n) is 11.5. The Morgan fingerprint density at radius 2 is 2.21 bits per heavy atom. The first-order valence-electron chi connectivity index (χ1n) is 6.87. The van der Waals surface area contributed by atoms with Crippen molar-refractivity contribution in [2.75, 3.05) is 12.4 Å². The van der Waals surface area contributed by atoms with Crippen LogP contribution < -0.4 is 0 Å². The molecule has 5 heteroatoms. The lowest BCUT2D eigenvalue weighted by Crippen LogP contribution is -2.45. The van der Waals surface area contributed by atoms with E-state index >= 15 is 0 Å². The van der Waals surface area contributed by atoms with Gasteiger partial charge in [0.05, 0.1) is 17.0 Å². The Hall–Kier alpha value is -1.16. The van der Waals surface area contributed by atoms with Gasteiger partial charge in [-0.15, -0.1) is 11.6 Å². The van der Waals surface area contributed by atoms with Crippen molar-refractivity contribution in [3.63, 3.8) is 0 Å². The number of aryl methyl sites for hydroxylation is 2. The number of aromatic nitrogens is 2. The Balaban J connectivity index is 2.27. The molecule has 0 aliphatic heterocycles. The van der Waals surface area contributed by atoms with Gasteiger partial charge in [-0.25, -0.2) is 0 Å². The fourth-order valence-electron chi connectivity index (χ4n) is 2.35. The molecular formula is C14H20ClN3O. The van der Waals surface area contributed by atoms with Crippen LogP contribution in [0.25, 0.3) is 0 Å². The number of carbonyl (C=O) groups is 1. The van der Waals surface area contributed by atoms with Crippen molar-refractivity contribution in [3.05, 3.63) is 23.0 Å². The lowest BCUT2D eigenvalue weighted by molar-refractivity contribution is 0.0596. The van der Waals surface area contributed by atoms with Crippen LogP contribution in [-0.4, -0.2) is 39.5 Å². The third kappa shape index (κ3) is 3.06. The number of nitrogens with zero attached hydrogens (tertiary/aromatic N) is 3. The van der Waals surface area contributed by atoms with E-state index in [0.717, 1.165) is 24.2 Å². The number of carbonyl (C=O) groups excluding carboxylic acids is 1. The first kappa shape index (κ1) is 14.3. The molecule has 1 aliphatic carbocycles. The summed E-state index contributed by atoms with van der Waals surface area (Å²) >= 11 is 5.84. The summed E-state index contributed by atoms with van der Waals surface area (Å²) in [6.07, 6.45) is 4.09. The van der Waals surface area contributed by atoms with Crippen LogP contribution in [0.15, 0.2) is 6.07 Å². The highest BCUT2D eigenvalue weighted by atomic mass is 35.5. The first-order valence-corrected chi connectivity index (χ1v) is 7.41. The zero-order chi connectivity index (χ0) is 13.8. The Morgan fingerprint density at radius 3 is 2.74 bits per heavy atom. The van der Waals surface area contributed by atoms with E-state index < -0.39 is 0 Å². The molecular weight excluding hydrogens is 262 g/mol. The summed E-state index contributed by atoms with van der Waals surface area (Å²) in [7, 11) is 0. The second kappa shape index (κ2) is 6.33. The van der Waals surface area contributed by atoms with E-state index in [1.807, 2.05) is 24.8 Å². The van der Waals surface area contributed by atoms with Crippen LogP contribution in [0.4, 0.5) is 0 Å². The lowest BCUT2D eigenvalue weighted by Gasteiger charge is -2.37. The number of hydrogen-bond acceptors (Lipinski definition) is 3. The van der Waals surface area contributed by atoms with Crippen LogP contribution >= 0.6 is 11.6 Å². The summed E-state index contributed by atoms with van der Waals surface area (Å²) < 4.78 is 0. The normalized spacial score (nSPS) is 15.1.